The van der Waals surface area contributed by atoms with Crippen LogP contribution in [0.4, 0.5) is 5.82 Å². The molecule has 1 aliphatic heterocycles. The van der Waals surface area contributed by atoms with Crippen molar-refractivity contribution in [3.05, 3.63) is 47.5 Å². The summed E-state index contributed by atoms with van der Waals surface area (Å²) in [6.45, 7) is -0.379. The SMILES string of the molecule is C#C[C@@]1(O)[C@@H](COC(Cc2ccccc2)C(=O)O)O[C@@H](n2cnc3c(N(C)C4CC4)nc(Cl)nc32)[C@@H]1O. The Morgan fingerprint density at radius 3 is 2.76 bits per heavy atom. The Hall–Kier alpha value is -3.27. The van der Waals surface area contributed by atoms with E-state index >= 15 is 0 Å². The first kappa shape index (κ1) is 25.4. The molecule has 3 aromatic rings. The van der Waals surface area contributed by atoms with Gasteiger partial charge >= 0.3 is 5.97 Å². The van der Waals surface area contributed by atoms with Gasteiger partial charge in [-0.3, -0.25) is 4.57 Å². The average Bonchev–Trinajstić information content (AvgIpc) is 3.61. The van der Waals surface area contributed by atoms with Crippen molar-refractivity contribution in [2.75, 3.05) is 18.6 Å². The summed E-state index contributed by atoms with van der Waals surface area (Å²) in [4.78, 5) is 26.8. The molecule has 1 aliphatic carbocycles. The third kappa shape index (κ3) is 4.74. The van der Waals surface area contributed by atoms with Crippen LogP contribution < -0.4 is 4.90 Å². The lowest BCUT2D eigenvalue weighted by Gasteiger charge is -2.26. The normalized spacial score (nSPS) is 26.2. The molecule has 2 aromatic heterocycles. The van der Waals surface area contributed by atoms with Crippen LogP contribution in [0.15, 0.2) is 36.7 Å². The predicted molar refractivity (Wildman–Crippen MR) is 133 cm³/mol. The predicted octanol–water partition coefficient (Wildman–Crippen LogP) is 1.41. The number of aliphatic hydroxyl groups is 2. The maximum absolute atomic E-state index is 11.8. The van der Waals surface area contributed by atoms with Crippen molar-refractivity contribution in [1.29, 1.82) is 0 Å². The molecule has 1 unspecified atom stereocenters. The van der Waals surface area contributed by atoms with Crippen LogP contribution in [0.1, 0.15) is 24.6 Å². The van der Waals surface area contributed by atoms with Crippen molar-refractivity contribution < 1.29 is 29.6 Å². The van der Waals surface area contributed by atoms with Crippen LogP contribution in [-0.4, -0.2) is 84.4 Å². The lowest BCUT2D eigenvalue weighted by molar-refractivity contribution is -0.156. The molecule has 5 atom stereocenters. The summed E-state index contributed by atoms with van der Waals surface area (Å²) >= 11 is 6.21. The Morgan fingerprint density at radius 2 is 2.11 bits per heavy atom. The Balaban J connectivity index is 1.40. The van der Waals surface area contributed by atoms with Gasteiger partial charge in [0.1, 0.15) is 12.2 Å². The number of terminal acetylenes is 1. The fraction of sp³-hybridized carbons (Fsp3) is 0.440. The van der Waals surface area contributed by atoms with E-state index in [0.29, 0.717) is 23.0 Å². The largest absolute Gasteiger partial charge is 0.479 e. The second kappa shape index (κ2) is 9.89. The Bertz CT molecular complexity index is 1340. The molecule has 1 saturated heterocycles. The second-order valence-electron chi connectivity index (χ2n) is 9.26. The number of hydrogen-bond acceptors (Lipinski definition) is 9. The first-order valence-electron chi connectivity index (χ1n) is 11.8. The van der Waals surface area contributed by atoms with E-state index in [0.717, 1.165) is 18.4 Å². The number of aromatic nitrogens is 4. The summed E-state index contributed by atoms with van der Waals surface area (Å²) in [6, 6.07) is 9.33. The summed E-state index contributed by atoms with van der Waals surface area (Å²) in [5, 5.41) is 31.8. The van der Waals surface area contributed by atoms with E-state index in [9.17, 15) is 20.1 Å². The highest BCUT2D eigenvalue weighted by Gasteiger charge is 2.56. The number of rotatable bonds is 9. The molecule has 12 heteroatoms. The van der Waals surface area contributed by atoms with Crippen LogP contribution >= 0.6 is 11.6 Å². The highest BCUT2D eigenvalue weighted by atomic mass is 35.5. The van der Waals surface area contributed by atoms with Crippen molar-refractivity contribution >= 4 is 34.6 Å². The third-order valence-corrected chi connectivity index (χ3v) is 6.98. The van der Waals surface area contributed by atoms with E-state index in [-0.39, 0.29) is 18.3 Å². The average molecular weight is 528 g/mol. The molecule has 3 N–H and O–H groups in total. The summed E-state index contributed by atoms with van der Waals surface area (Å²) in [5.41, 5.74) is -0.658. The Morgan fingerprint density at radius 1 is 1.38 bits per heavy atom. The molecule has 3 heterocycles. The number of fused-ring (bicyclic) bond motifs is 1. The monoisotopic (exact) mass is 527 g/mol. The molecule has 194 valence electrons. The minimum atomic E-state index is -2.17. The standard InChI is InChI=1S/C25H26ClN5O6/c1-3-25(35)17(12-36-16(23(33)34)11-14-7-5-4-6-8-14)37-22(19(25)32)31-13-27-18-20(30(2)15-9-10-15)28-24(26)29-21(18)31/h1,4-8,13,15-17,19,22,32,35H,9-12H2,2H3,(H,33,34)/t16?,17-,19+,22-,25-/m1/s1. The number of aliphatic carboxylic acids is 1. The number of carbonyl (C=O) groups is 1. The van der Waals surface area contributed by atoms with Gasteiger partial charge in [0, 0.05) is 19.5 Å². The first-order chi connectivity index (χ1) is 17.7. The molecular formula is C25H26ClN5O6. The molecule has 11 nitrogen and oxygen atoms in total. The van der Waals surface area contributed by atoms with E-state index in [1.807, 2.05) is 18.0 Å². The molecule has 0 spiro atoms. The van der Waals surface area contributed by atoms with E-state index in [2.05, 4.69) is 20.9 Å². The quantitative estimate of drug-likeness (QED) is 0.276. The second-order valence-corrected chi connectivity index (χ2v) is 9.60. The van der Waals surface area contributed by atoms with Gasteiger partial charge in [0.25, 0.3) is 0 Å². The van der Waals surface area contributed by atoms with Gasteiger partial charge in [-0.15, -0.1) is 6.42 Å². The molecule has 0 amide bonds. The number of carboxylic acids is 1. The van der Waals surface area contributed by atoms with Crippen LogP contribution in [0.2, 0.25) is 5.28 Å². The van der Waals surface area contributed by atoms with E-state index in [1.165, 1.54) is 10.9 Å². The zero-order valence-electron chi connectivity index (χ0n) is 19.9. The maximum Gasteiger partial charge on any atom is 0.333 e. The summed E-state index contributed by atoms with van der Waals surface area (Å²) in [5.74, 6) is 1.56. The highest BCUT2D eigenvalue weighted by molar-refractivity contribution is 6.28. The molecule has 37 heavy (non-hydrogen) atoms. The van der Waals surface area contributed by atoms with Crippen LogP contribution in [0.25, 0.3) is 11.2 Å². The van der Waals surface area contributed by atoms with Crippen LogP contribution in [0.5, 0.6) is 0 Å². The topological polar surface area (TPSA) is 143 Å². The lowest BCUT2D eigenvalue weighted by atomic mass is 9.93. The van der Waals surface area contributed by atoms with Gasteiger partial charge in [-0.1, -0.05) is 36.3 Å². The van der Waals surface area contributed by atoms with E-state index in [1.54, 1.807) is 24.3 Å². The van der Waals surface area contributed by atoms with Crippen LogP contribution in [-0.2, 0) is 20.7 Å². The molecule has 2 fully saturated rings. The third-order valence-electron chi connectivity index (χ3n) is 6.81. The number of halogens is 1. The number of anilines is 1. The fourth-order valence-electron chi connectivity index (χ4n) is 4.51. The Labute approximate surface area is 217 Å². The number of imidazole rings is 1. The number of ether oxygens (including phenoxy) is 2. The number of hydrogen-bond donors (Lipinski definition) is 3. The molecular weight excluding hydrogens is 502 g/mol. The van der Waals surface area contributed by atoms with Gasteiger partial charge in [-0.2, -0.15) is 9.97 Å². The van der Waals surface area contributed by atoms with Crippen LogP contribution in [0, 0.1) is 12.3 Å². The van der Waals surface area contributed by atoms with Crippen molar-refractivity contribution in [1.82, 2.24) is 19.5 Å². The maximum atomic E-state index is 11.8. The molecule has 5 rings (SSSR count). The van der Waals surface area contributed by atoms with Gasteiger partial charge in [-0.25, -0.2) is 9.78 Å². The molecule has 1 saturated carbocycles. The van der Waals surface area contributed by atoms with Gasteiger partial charge in [-0.05, 0) is 30.0 Å². The number of aliphatic hydroxyl groups excluding tert-OH is 1. The minimum Gasteiger partial charge on any atom is -0.479 e. The molecule has 0 bridgehead atoms. The van der Waals surface area contributed by atoms with Gasteiger partial charge < -0.3 is 29.7 Å². The van der Waals surface area contributed by atoms with Gasteiger partial charge in [0.2, 0.25) is 5.28 Å². The first-order valence-corrected chi connectivity index (χ1v) is 12.2. The summed E-state index contributed by atoms with van der Waals surface area (Å²) in [6.07, 6.45) is 3.93. The lowest BCUT2D eigenvalue weighted by Crippen LogP contribution is -2.48. The van der Waals surface area contributed by atoms with Gasteiger partial charge in [0.15, 0.2) is 34.9 Å². The van der Waals surface area contributed by atoms with Crippen molar-refractivity contribution in [2.24, 2.45) is 0 Å². The smallest absolute Gasteiger partial charge is 0.333 e. The minimum absolute atomic E-state index is 0.0125. The highest BCUT2D eigenvalue weighted by Crippen LogP contribution is 2.40. The summed E-state index contributed by atoms with van der Waals surface area (Å²) in [7, 11) is 1.90. The number of carboxylic acid groups (broad SMARTS) is 1. The summed E-state index contributed by atoms with van der Waals surface area (Å²) < 4.78 is 13.0. The fourth-order valence-corrected chi connectivity index (χ4v) is 4.67. The zero-order chi connectivity index (χ0) is 26.3. The van der Waals surface area contributed by atoms with Crippen molar-refractivity contribution in [2.45, 2.75) is 55.4 Å². The van der Waals surface area contributed by atoms with Crippen molar-refractivity contribution in [3.8, 4) is 12.3 Å². The van der Waals surface area contributed by atoms with Crippen molar-refractivity contribution in [3.63, 3.8) is 0 Å². The Kier molecular flexibility index (Phi) is 6.78. The van der Waals surface area contributed by atoms with Gasteiger partial charge in [0.05, 0.1) is 12.9 Å². The molecule has 0 radical (unpaired) electrons. The number of nitrogens with zero attached hydrogens (tertiary/aromatic N) is 5. The van der Waals surface area contributed by atoms with E-state index in [4.69, 9.17) is 27.5 Å². The van der Waals surface area contributed by atoms with E-state index < -0.39 is 36.1 Å². The zero-order valence-corrected chi connectivity index (χ0v) is 20.7. The molecule has 2 aliphatic rings. The van der Waals surface area contributed by atoms with Crippen LogP contribution in [0.3, 0.4) is 0 Å². The number of benzene rings is 1. The molecule has 1 aromatic carbocycles.